The van der Waals surface area contributed by atoms with Gasteiger partial charge in [0, 0.05) is 6.42 Å². The Morgan fingerprint density at radius 2 is 2.07 bits per heavy atom. The lowest BCUT2D eigenvalue weighted by molar-refractivity contribution is -0.427. The van der Waals surface area contributed by atoms with E-state index in [1.165, 1.54) is 0 Å². The van der Waals surface area contributed by atoms with Gasteiger partial charge in [0.25, 0.3) is 0 Å². The molecule has 0 aliphatic heterocycles. The van der Waals surface area contributed by atoms with E-state index in [0.29, 0.717) is 6.04 Å². The maximum Gasteiger partial charge on any atom is 0.309 e. The number of halogens is 1. The Kier molecular flexibility index (Phi) is 6.12. The Labute approximate surface area is 91.8 Å². The van der Waals surface area contributed by atoms with E-state index >= 15 is 0 Å². The molecule has 1 unspecified atom stereocenters. The molecule has 1 fully saturated rings. The third-order valence-electron chi connectivity index (χ3n) is 2.47. The van der Waals surface area contributed by atoms with Crippen LogP contribution in [0.4, 0.5) is 0 Å². The summed E-state index contributed by atoms with van der Waals surface area (Å²) < 4.78 is 5.17. The third-order valence-corrected chi connectivity index (χ3v) is 2.47. The molecule has 0 aromatic rings. The second-order valence-electron chi connectivity index (χ2n) is 4.22. The Balaban J connectivity index is 0.00000169. The van der Waals surface area contributed by atoms with Crippen LogP contribution in [-0.2, 0) is 9.53 Å². The number of rotatable bonds is 2. The molecule has 0 heterocycles. The molecule has 0 amide bonds. The first-order valence-corrected chi connectivity index (χ1v) is 5.13. The van der Waals surface area contributed by atoms with Crippen LogP contribution in [0.15, 0.2) is 0 Å². The van der Waals surface area contributed by atoms with Crippen LogP contribution >= 0.6 is 0 Å². The molecule has 1 saturated carbocycles. The summed E-state index contributed by atoms with van der Waals surface area (Å²) in [6.07, 6.45) is 4.18. The van der Waals surface area contributed by atoms with Crippen LogP contribution < -0.4 is 18.1 Å². The van der Waals surface area contributed by atoms with Gasteiger partial charge in [-0.1, -0.05) is 0 Å². The molecule has 0 saturated heterocycles. The molecule has 2 atom stereocenters. The molecule has 4 heteroatoms. The molecule has 14 heavy (non-hydrogen) atoms. The van der Waals surface area contributed by atoms with Crippen molar-refractivity contribution in [1.29, 1.82) is 0 Å². The van der Waals surface area contributed by atoms with Crippen molar-refractivity contribution in [2.45, 2.75) is 51.7 Å². The lowest BCUT2D eigenvalue weighted by atomic mass is 9.86. The molecule has 1 aliphatic carbocycles. The number of quaternary nitrogens is 1. The van der Waals surface area contributed by atoms with Crippen LogP contribution in [0.2, 0.25) is 0 Å². The van der Waals surface area contributed by atoms with Crippen molar-refractivity contribution in [3.05, 3.63) is 0 Å². The van der Waals surface area contributed by atoms with Crippen LogP contribution in [-0.4, -0.2) is 18.1 Å². The fourth-order valence-electron chi connectivity index (χ4n) is 1.83. The predicted octanol–water partition coefficient (Wildman–Crippen LogP) is -2.26. The normalized spacial score (nSPS) is 26.9. The molecule has 0 aromatic carbocycles. The molecule has 84 valence electrons. The maximum atomic E-state index is 11.5. The van der Waals surface area contributed by atoms with Gasteiger partial charge < -0.3 is 22.9 Å². The van der Waals surface area contributed by atoms with Crippen LogP contribution in [0.1, 0.15) is 39.5 Å². The minimum Gasteiger partial charge on any atom is -1.00 e. The quantitative estimate of drug-likeness (QED) is 0.536. The van der Waals surface area contributed by atoms with E-state index in [1.54, 1.807) is 0 Å². The molecular weight excluding hydrogens is 202 g/mol. The van der Waals surface area contributed by atoms with Gasteiger partial charge in [-0.2, -0.15) is 0 Å². The molecule has 0 spiro atoms. The Hall–Kier alpha value is -0.280. The second-order valence-corrected chi connectivity index (χ2v) is 4.22. The van der Waals surface area contributed by atoms with Crippen molar-refractivity contribution in [1.82, 2.24) is 0 Å². The van der Waals surface area contributed by atoms with Gasteiger partial charge in [0.2, 0.25) is 0 Å². The summed E-state index contributed by atoms with van der Waals surface area (Å²) in [6, 6.07) is 0.443. The van der Waals surface area contributed by atoms with Gasteiger partial charge >= 0.3 is 5.97 Å². The van der Waals surface area contributed by atoms with Gasteiger partial charge in [-0.25, -0.2) is 0 Å². The highest BCUT2D eigenvalue weighted by atomic mass is 35.5. The van der Waals surface area contributed by atoms with Gasteiger partial charge in [0.1, 0.15) is 0 Å². The maximum absolute atomic E-state index is 11.5. The van der Waals surface area contributed by atoms with Crippen molar-refractivity contribution in [2.75, 3.05) is 0 Å². The fraction of sp³-hybridized carbons (Fsp3) is 0.900. The molecule has 1 aliphatic rings. The SMILES string of the molecule is CC(C)OC(=O)[C@@H]1CCCC([NH3+])C1.[Cl-]. The van der Waals surface area contributed by atoms with Crippen molar-refractivity contribution in [3.8, 4) is 0 Å². The Bertz CT molecular complexity index is 185. The number of ether oxygens (including phenoxy) is 1. The summed E-state index contributed by atoms with van der Waals surface area (Å²) in [7, 11) is 0. The largest absolute Gasteiger partial charge is 1.00 e. The van der Waals surface area contributed by atoms with E-state index in [1.807, 2.05) is 13.8 Å². The van der Waals surface area contributed by atoms with E-state index in [2.05, 4.69) is 5.73 Å². The second kappa shape index (κ2) is 6.25. The van der Waals surface area contributed by atoms with E-state index in [0.717, 1.165) is 25.7 Å². The van der Waals surface area contributed by atoms with E-state index in [9.17, 15) is 4.79 Å². The highest BCUT2D eigenvalue weighted by Crippen LogP contribution is 2.23. The summed E-state index contributed by atoms with van der Waals surface area (Å²) in [5, 5.41) is 0. The fourth-order valence-corrected chi connectivity index (χ4v) is 1.83. The molecule has 3 N–H and O–H groups in total. The number of carbonyl (C=O) groups is 1. The first-order valence-electron chi connectivity index (χ1n) is 5.13. The number of esters is 1. The summed E-state index contributed by atoms with van der Waals surface area (Å²) in [5.74, 6) is 0.0852. The topological polar surface area (TPSA) is 53.9 Å². The predicted molar refractivity (Wildman–Crippen MR) is 49.9 cm³/mol. The van der Waals surface area contributed by atoms with E-state index in [-0.39, 0.29) is 30.4 Å². The lowest BCUT2D eigenvalue weighted by Crippen LogP contribution is -3.00. The Morgan fingerprint density at radius 3 is 2.57 bits per heavy atom. The average Bonchev–Trinajstić information content (AvgIpc) is 2.03. The first-order chi connectivity index (χ1) is 6.09. The molecule has 3 nitrogen and oxygen atoms in total. The van der Waals surface area contributed by atoms with Gasteiger partial charge in [-0.3, -0.25) is 4.79 Å². The summed E-state index contributed by atoms with van der Waals surface area (Å²) >= 11 is 0. The van der Waals surface area contributed by atoms with Gasteiger partial charge in [-0.05, 0) is 33.1 Å². The van der Waals surface area contributed by atoms with E-state index < -0.39 is 0 Å². The Morgan fingerprint density at radius 1 is 1.43 bits per heavy atom. The molecule has 0 aromatic heterocycles. The standard InChI is InChI=1S/C10H19NO2.ClH/c1-7(2)13-10(12)8-4-3-5-9(11)6-8;/h7-9H,3-6,11H2,1-2H3;1H/t8-,9?;/m1./s1. The summed E-state index contributed by atoms with van der Waals surface area (Å²) in [5.41, 5.74) is 4.00. The zero-order chi connectivity index (χ0) is 9.84. The van der Waals surface area contributed by atoms with Crippen molar-refractivity contribution < 1.29 is 27.7 Å². The monoisotopic (exact) mass is 221 g/mol. The number of carbonyl (C=O) groups excluding carboxylic acids is 1. The van der Waals surface area contributed by atoms with Gasteiger partial charge in [-0.15, -0.1) is 0 Å². The third kappa shape index (κ3) is 4.29. The zero-order valence-corrected chi connectivity index (χ0v) is 9.72. The highest BCUT2D eigenvalue weighted by Gasteiger charge is 2.28. The minimum atomic E-state index is -0.0247. The lowest BCUT2D eigenvalue weighted by Gasteiger charge is -2.23. The molecule has 1 rings (SSSR count). The van der Waals surface area contributed by atoms with Gasteiger partial charge in [0.05, 0.1) is 18.1 Å². The van der Waals surface area contributed by atoms with E-state index in [4.69, 9.17) is 4.74 Å². The average molecular weight is 222 g/mol. The summed E-state index contributed by atoms with van der Waals surface area (Å²) in [4.78, 5) is 11.5. The summed E-state index contributed by atoms with van der Waals surface area (Å²) in [6.45, 7) is 3.78. The van der Waals surface area contributed by atoms with Crippen molar-refractivity contribution in [2.24, 2.45) is 5.92 Å². The first kappa shape index (κ1) is 13.7. The molecular formula is C10H20ClNO2. The van der Waals surface area contributed by atoms with Crippen LogP contribution in [0.5, 0.6) is 0 Å². The molecule has 0 bridgehead atoms. The van der Waals surface area contributed by atoms with Crippen LogP contribution in [0.3, 0.4) is 0 Å². The van der Waals surface area contributed by atoms with Crippen molar-refractivity contribution in [3.63, 3.8) is 0 Å². The number of hydrogen-bond donors (Lipinski definition) is 1. The molecule has 0 radical (unpaired) electrons. The van der Waals surface area contributed by atoms with Crippen LogP contribution in [0, 0.1) is 5.92 Å². The highest BCUT2D eigenvalue weighted by molar-refractivity contribution is 5.72. The van der Waals surface area contributed by atoms with Crippen molar-refractivity contribution >= 4 is 5.97 Å². The minimum absolute atomic E-state index is 0. The number of hydrogen-bond acceptors (Lipinski definition) is 2. The van der Waals surface area contributed by atoms with Gasteiger partial charge in [0.15, 0.2) is 0 Å². The zero-order valence-electron chi connectivity index (χ0n) is 8.96. The van der Waals surface area contributed by atoms with Crippen LogP contribution in [0.25, 0.3) is 0 Å². The smallest absolute Gasteiger partial charge is 0.309 e.